The Balaban J connectivity index is 1.48. The Kier molecular flexibility index (Phi) is 7.54. The van der Waals surface area contributed by atoms with Crippen LogP contribution in [0.3, 0.4) is 0 Å². The van der Waals surface area contributed by atoms with Crippen molar-refractivity contribution in [3.63, 3.8) is 0 Å². The highest BCUT2D eigenvalue weighted by atomic mass is 16.5. The Morgan fingerprint density at radius 3 is 2.43 bits per heavy atom. The number of aromatic nitrogens is 2. The molecule has 1 aromatic heterocycles. The summed E-state index contributed by atoms with van der Waals surface area (Å²) in [5.41, 5.74) is 6.21. The molecule has 0 saturated heterocycles. The van der Waals surface area contributed by atoms with E-state index in [0.29, 0.717) is 18.1 Å². The minimum absolute atomic E-state index is 0.0971. The number of carbonyl (C=O) groups is 1. The number of para-hydroxylation sites is 2. The second-order valence-corrected chi connectivity index (χ2v) is 9.57. The summed E-state index contributed by atoms with van der Waals surface area (Å²) in [4.78, 5) is 17.7. The van der Waals surface area contributed by atoms with Crippen LogP contribution >= 0.6 is 0 Å². The van der Waals surface area contributed by atoms with E-state index in [-0.39, 0.29) is 11.9 Å². The van der Waals surface area contributed by atoms with Crippen LogP contribution in [0.1, 0.15) is 72.0 Å². The monoisotopic (exact) mass is 469 g/mol. The van der Waals surface area contributed by atoms with Gasteiger partial charge in [0.05, 0.1) is 23.7 Å². The van der Waals surface area contributed by atoms with Crippen LogP contribution in [-0.4, -0.2) is 22.1 Å². The van der Waals surface area contributed by atoms with Gasteiger partial charge >= 0.3 is 0 Å². The standard InChI is InChI=1S/C30H35N3O2/c1-20(2)25-16-13-22(4)19-28(25)35-18-8-17-33-27-10-7-6-9-26(27)32-29(33)23(5)31-30(34)24-14-11-21(3)12-15-24/h6-7,9-16,19-20,23H,8,17-18H2,1-5H3,(H,31,34). The minimum Gasteiger partial charge on any atom is -0.493 e. The number of imidazole rings is 1. The van der Waals surface area contributed by atoms with Gasteiger partial charge in [-0.1, -0.05) is 55.8 Å². The van der Waals surface area contributed by atoms with Crippen molar-refractivity contribution in [2.45, 2.75) is 59.5 Å². The first-order valence-electron chi connectivity index (χ1n) is 12.4. The first-order chi connectivity index (χ1) is 16.8. The van der Waals surface area contributed by atoms with Crippen molar-refractivity contribution in [2.24, 2.45) is 0 Å². The zero-order chi connectivity index (χ0) is 24.9. The smallest absolute Gasteiger partial charge is 0.251 e. The van der Waals surface area contributed by atoms with Gasteiger partial charge in [-0.25, -0.2) is 4.98 Å². The van der Waals surface area contributed by atoms with Crippen molar-refractivity contribution in [1.82, 2.24) is 14.9 Å². The lowest BCUT2D eigenvalue weighted by Crippen LogP contribution is -2.28. The van der Waals surface area contributed by atoms with E-state index in [1.165, 1.54) is 11.1 Å². The number of aryl methyl sites for hydroxylation is 3. The lowest BCUT2D eigenvalue weighted by Gasteiger charge is -2.18. The Morgan fingerprint density at radius 1 is 0.971 bits per heavy atom. The summed E-state index contributed by atoms with van der Waals surface area (Å²) in [7, 11) is 0. The molecule has 5 nitrogen and oxygen atoms in total. The van der Waals surface area contributed by atoms with E-state index < -0.39 is 0 Å². The van der Waals surface area contributed by atoms with E-state index in [9.17, 15) is 4.79 Å². The molecule has 0 aliphatic heterocycles. The summed E-state index contributed by atoms with van der Waals surface area (Å²) in [5, 5.41) is 3.12. The van der Waals surface area contributed by atoms with E-state index in [2.05, 4.69) is 54.9 Å². The molecular formula is C30H35N3O2. The van der Waals surface area contributed by atoms with E-state index >= 15 is 0 Å². The van der Waals surface area contributed by atoms with Crippen LogP contribution in [0.4, 0.5) is 0 Å². The van der Waals surface area contributed by atoms with Crippen molar-refractivity contribution in [1.29, 1.82) is 0 Å². The molecule has 3 aromatic carbocycles. The number of rotatable bonds is 9. The average molecular weight is 470 g/mol. The molecule has 4 rings (SSSR count). The lowest BCUT2D eigenvalue weighted by molar-refractivity contribution is 0.0937. The van der Waals surface area contributed by atoms with Gasteiger partial charge < -0.3 is 14.6 Å². The Labute approximate surface area is 208 Å². The predicted octanol–water partition coefficient (Wildman–Crippen LogP) is 6.74. The SMILES string of the molecule is Cc1ccc(C(=O)NC(C)c2nc3ccccc3n2CCCOc2cc(C)ccc2C(C)C)cc1. The molecule has 0 bridgehead atoms. The van der Waals surface area contributed by atoms with Crippen LogP contribution in [0.2, 0.25) is 0 Å². The summed E-state index contributed by atoms with van der Waals surface area (Å²) in [5.74, 6) is 2.13. The van der Waals surface area contributed by atoms with Crippen LogP contribution in [0.25, 0.3) is 11.0 Å². The van der Waals surface area contributed by atoms with Gasteiger partial charge in [0.2, 0.25) is 0 Å². The number of amides is 1. The summed E-state index contributed by atoms with van der Waals surface area (Å²) in [6.07, 6.45) is 0.831. The molecule has 4 aromatic rings. The number of hydrogen-bond acceptors (Lipinski definition) is 3. The van der Waals surface area contributed by atoms with Crippen molar-refractivity contribution in [3.8, 4) is 5.75 Å². The van der Waals surface area contributed by atoms with Gasteiger partial charge in [-0.15, -0.1) is 0 Å². The van der Waals surface area contributed by atoms with E-state index in [1.54, 1.807) is 0 Å². The molecular weight excluding hydrogens is 434 g/mol. The molecule has 1 N–H and O–H groups in total. The molecule has 5 heteroatoms. The fourth-order valence-electron chi connectivity index (χ4n) is 4.36. The minimum atomic E-state index is -0.235. The van der Waals surface area contributed by atoms with Crippen molar-refractivity contribution < 1.29 is 9.53 Å². The molecule has 0 radical (unpaired) electrons. The summed E-state index contributed by atoms with van der Waals surface area (Å²) >= 11 is 0. The summed E-state index contributed by atoms with van der Waals surface area (Å²) in [6, 6.07) is 21.9. The number of carbonyl (C=O) groups excluding carboxylic acids is 1. The molecule has 0 spiro atoms. The Bertz CT molecular complexity index is 1310. The van der Waals surface area contributed by atoms with Crippen LogP contribution in [-0.2, 0) is 6.54 Å². The molecule has 35 heavy (non-hydrogen) atoms. The zero-order valence-electron chi connectivity index (χ0n) is 21.3. The van der Waals surface area contributed by atoms with E-state index in [4.69, 9.17) is 9.72 Å². The number of benzene rings is 3. The quantitative estimate of drug-likeness (QED) is 0.276. The largest absolute Gasteiger partial charge is 0.493 e. The number of hydrogen-bond donors (Lipinski definition) is 1. The highest BCUT2D eigenvalue weighted by molar-refractivity contribution is 5.94. The Hall–Kier alpha value is -3.60. The maximum atomic E-state index is 12.8. The third kappa shape index (κ3) is 5.73. The number of nitrogens with zero attached hydrogens (tertiary/aromatic N) is 2. The van der Waals surface area contributed by atoms with Crippen LogP contribution in [0.5, 0.6) is 5.75 Å². The highest BCUT2D eigenvalue weighted by Crippen LogP contribution is 2.28. The van der Waals surface area contributed by atoms with E-state index in [0.717, 1.165) is 41.1 Å². The molecule has 1 unspecified atom stereocenters. The van der Waals surface area contributed by atoms with Gasteiger partial charge in [0.25, 0.3) is 5.91 Å². The third-order valence-corrected chi connectivity index (χ3v) is 6.31. The molecule has 1 heterocycles. The van der Waals surface area contributed by atoms with Crippen LogP contribution in [0.15, 0.2) is 66.7 Å². The zero-order valence-corrected chi connectivity index (χ0v) is 21.3. The Morgan fingerprint density at radius 2 is 1.69 bits per heavy atom. The van der Waals surface area contributed by atoms with Gasteiger partial charge in [0.15, 0.2) is 0 Å². The van der Waals surface area contributed by atoms with Gasteiger partial charge in [0.1, 0.15) is 11.6 Å². The molecule has 0 fully saturated rings. The highest BCUT2D eigenvalue weighted by Gasteiger charge is 2.19. The van der Waals surface area contributed by atoms with Gasteiger partial charge in [0, 0.05) is 12.1 Å². The summed E-state index contributed by atoms with van der Waals surface area (Å²) in [6.45, 7) is 11.8. The molecule has 1 atom stereocenters. The normalized spacial score (nSPS) is 12.2. The molecule has 0 saturated carbocycles. The first-order valence-corrected chi connectivity index (χ1v) is 12.4. The third-order valence-electron chi connectivity index (χ3n) is 6.31. The van der Waals surface area contributed by atoms with E-state index in [1.807, 2.05) is 56.3 Å². The first kappa shape index (κ1) is 24.5. The second-order valence-electron chi connectivity index (χ2n) is 9.57. The summed E-state index contributed by atoms with van der Waals surface area (Å²) < 4.78 is 8.43. The number of fused-ring (bicyclic) bond motifs is 1. The van der Waals surface area contributed by atoms with Crippen molar-refractivity contribution in [2.75, 3.05) is 6.61 Å². The van der Waals surface area contributed by atoms with Gasteiger partial charge in [-0.05, 0) is 74.6 Å². The number of ether oxygens (including phenoxy) is 1. The topological polar surface area (TPSA) is 56.2 Å². The fraction of sp³-hybridized carbons (Fsp3) is 0.333. The second kappa shape index (κ2) is 10.8. The maximum absolute atomic E-state index is 12.8. The molecule has 0 aliphatic rings. The number of nitrogens with one attached hydrogen (secondary N) is 1. The van der Waals surface area contributed by atoms with Gasteiger partial charge in [-0.2, -0.15) is 0 Å². The van der Waals surface area contributed by atoms with Crippen molar-refractivity contribution >= 4 is 16.9 Å². The van der Waals surface area contributed by atoms with Crippen molar-refractivity contribution in [3.05, 3.63) is 94.8 Å². The average Bonchev–Trinajstić information content (AvgIpc) is 3.21. The maximum Gasteiger partial charge on any atom is 0.251 e. The lowest BCUT2D eigenvalue weighted by atomic mass is 10.0. The van der Waals surface area contributed by atoms with Crippen LogP contribution < -0.4 is 10.1 Å². The fourth-order valence-corrected chi connectivity index (χ4v) is 4.36. The molecule has 1 amide bonds. The molecule has 182 valence electrons. The predicted molar refractivity (Wildman–Crippen MR) is 142 cm³/mol. The van der Waals surface area contributed by atoms with Gasteiger partial charge in [-0.3, -0.25) is 4.79 Å². The molecule has 0 aliphatic carbocycles. The van der Waals surface area contributed by atoms with Crippen LogP contribution in [0, 0.1) is 13.8 Å².